The van der Waals surface area contributed by atoms with Crippen molar-refractivity contribution in [3.05, 3.63) is 0 Å². The number of carbonyl (C=O) groups excluding carboxylic acids is 1. The van der Waals surface area contributed by atoms with E-state index in [0.29, 0.717) is 26.0 Å². The highest BCUT2D eigenvalue weighted by atomic mass is 32.2. The normalized spacial score (nSPS) is 17.7. The van der Waals surface area contributed by atoms with Crippen LogP contribution in [0.3, 0.4) is 0 Å². The summed E-state index contributed by atoms with van der Waals surface area (Å²) in [4.78, 5) is 11.3. The fourth-order valence-electron chi connectivity index (χ4n) is 1.89. The van der Waals surface area contributed by atoms with E-state index in [1.54, 1.807) is 0 Å². The van der Waals surface area contributed by atoms with Crippen molar-refractivity contribution in [2.45, 2.75) is 37.4 Å². The molecular weight excluding hydrogens is 244 g/mol. The molecule has 17 heavy (non-hydrogen) atoms. The number of ether oxygens (including phenoxy) is 1. The minimum atomic E-state index is -3.52. The van der Waals surface area contributed by atoms with Crippen LogP contribution < -0.4 is 10.0 Å². The van der Waals surface area contributed by atoms with Crippen molar-refractivity contribution in [3.8, 4) is 0 Å². The van der Waals surface area contributed by atoms with Crippen molar-refractivity contribution in [1.29, 1.82) is 0 Å². The summed E-state index contributed by atoms with van der Waals surface area (Å²) in [7, 11) is -2.01. The standard InChI is InChI=1S/C10H20N2O4S/c1-16-8-7-11-10(13)12-17(14,15)9-5-3-2-4-6-9/h9H,2-8H2,1H3,(H2,11,12,13). The second-order valence-electron chi connectivity index (χ2n) is 4.16. The number of rotatable bonds is 5. The third-order valence-electron chi connectivity index (χ3n) is 2.82. The van der Waals surface area contributed by atoms with Crippen LogP contribution in [0, 0.1) is 0 Å². The molecule has 1 rings (SSSR count). The van der Waals surface area contributed by atoms with E-state index in [1.165, 1.54) is 7.11 Å². The topological polar surface area (TPSA) is 84.5 Å². The zero-order chi connectivity index (χ0) is 12.7. The number of methoxy groups -OCH3 is 1. The number of sulfonamides is 1. The van der Waals surface area contributed by atoms with Crippen LogP contribution in [0.1, 0.15) is 32.1 Å². The first-order valence-corrected chi connectivity index (χ1v) is 7.39. The van der Waals surface area contributed by atoms with Crippen LogP contribution >= 0.6 is 0 Å². The lowest BCUT2D eigenvalue weighted by atomic mass is 10.0. The van der Waals surface area contributed by atoms with Crippen LogP contribution in [0.2, 0.25) is 0 Å². The molecule has 7 heteroatoms. The van der Waals surface area contributed by atoms with Crippen molar-refractivity contribution in [2.75, 3.05) is 20.3 Å². The first-order valence-electron chi connectivity index (χ1n) is 5.84. The molecule has 100 valence electrons. The molecule has 0 atom stereocenters. The minimum Gasteiger partial charge on any atom is -0.383 e. The highest BCUT2D eigenvalue weighted by Gasteiger charge is 2.28. The molecule has 0 saturated heterocycles. The number of nitrogens with one attached hydrogen (secondary N) is 2. The van der Waals surface area contributed by atoms with Gasteiger partial charge in [-0.25, -0.2) is 17.9 Å². The van der Waals surface area contributed by atoms with E-state index in [2.05, 4.69) is 10.0 Å². The van der Waals surface area contributed by atoms with Gasteiger partial charge in [-0.05, 0) is 12.8 Å². The van der Waals surface area contributed by atoms with Gasteiger partial charge in [-0.3, -0.25) is 0 Å². The third-order valence-corrected chi connectivity index (χ3v) is 4.64. The maximum atomic E-state index is 11.8. The molecule has 2 N–H and O–H groups in total. The molecule has 0 spiro atoms. The molecule has 1 fully saturated rings. The molecule has 0 radical (unpaired) electrons. The third kappa shape index (κ3) is 4.91. The summed E-state index contributed by atoms with van der Waals surface area (Å²) in [5.74, 6) is 0. The van der Waals surface area contributed by atoms with Crippen LogP contribution in [0.4, 0.5) is 4.79 Å². The van der Waals surface area contributed by atoms with Gasteiger partial charge < -0.3 is 10.1 Å². The summed E-state index contributed by atoms with van der Waals surface area (Å²) in [6, 6.07) is -0.673. The van der Waals surface area contributed by atoms with Gasteiger partial charge in [0, 0.05) is 13.7 Å². The number of hydrogen-bond donors (Lipinski definition) is 2. The molecule has 0 bridgehead atoms. The summed E-state index contributed by atoms with van der Waals surface area (Å²) in [5, 5.41) is 2.00. The number of hydrogen-bond acceptors (Lipinski definition) is 4. The van der Waals surface area contributed by atoms with Gasteiger partial charge >= 0.3 is 6.03 Å². The molecule has 1 aliphatic rings. The van der Waals surface area contributed by atoms with E-state index in [-0.39, 0.29) is 0 Å². The van der Waals surface area contributed by atoms with E-state index in [0.717, 1.165) is 19.3 Å². The average Bonchev–Trinajstić information content (AvgIpc) is 2.30. The quantitative estimate of drug-likeness (QED) is 0.712. The largest absolute Gasteiger partial charge is 0.383 e. The Labute approximate surface area is 102 Å². The fraction of sp³-hybridized carbons (Fsp3) is 0.900. The van der Waals surface area contributed by atoms with Crippen LogP contribution in [0.25, 0.3) is 0 Å². The summed E-state index contributed by atoms with van der Waals surface area (Å²) >= 11 is 0. The molecule has 2 amide bonds. The van der Waals surface area contributed by atoms with Crippen molar-refractivity contribution < 1.29 is 17.9 Å². The van der Waals surface area contributed by atoms with Gasteiger partial charge in [0.05, 0.1) is 11.9 Å². The van der Waals surface area contributed by atoms with Crippen molar-refractivity contribution >= 4 is 16.1 Å². The Bertz CT molecular complexity index is 336. The molecule has 1 saturated carbocycles. The Balaban J connectivity index is 2.39. The highest BCUT2D eigenvalue weighted by molar-refractivity contribution is 7.90. The number of carbonyl (C=O) groups is 1. The lowest BCUT2D eigenvalue weighted by Gasteiger charge is -2.21. The van der Waals surface area contributed by atoms with E-state index in [4.69, 9.17) is 4.74 Å². The second kappa shape index (κ2) is 6.80. The van der Waals surface area contributed by atoms with Crippen molar-refractivity contribution in [1.82, 2.24) is 10.0 Å². The zero-order valence-electron chi connectivity index (χ0n) is 10.1. The zero-order valence-corrected chi connectivity index (χ0v) is 10.9. The molecule has 1 aliphatic carbocycles. The molecule has 0 heterocycles. The van der Waals surface area contributed by atoms with Crippen LogP contribution in [0.5, 0.6) is 0 Å². The highest BCUT2D eigenvalue weighted by Crippen LogP contribution is 2.22. The SMILES string of the molecule is COCCNC(=O)NS(=O)(=O)C1CCCCC1. The Hall–Kier alpha value is -0.820. The maximum Gasteiger partial charge on any atom is 0.328 e. The van der Waals surface area contributed by atoms with Gasteiger partial charge in [0.25, 0.3) is 0 Å². The van der Waals surface area contributed by atoms with Gasteiger partial charge in [0.15, 0.2) is 0 Å². The van der Waals surface area contributed by atoms with Gasteiger partial charge in [-0.15, -0.1) is 0 Å². The summed E-state index contributed by atoms with van der Waals surface area (Å²) in [6.45, 7) is 0.652. The van der Waals surface area contributed by atoms with E-state index in [1.807, 2.05) is 0 Å². The van der Waals surface area contributed by atoms with E-state index < -0.39 is 21.3 Å². The lowest BCUT2D eigenvalue weighted by molar-refractivity contribution is 0.197. The van der Waals surface area contributed by atoms with E-state index >= 15 is 0 Å². The summed E-state index contributed by atoms with van der Waals surface area (Å²) in [5.41, 5.74) is 0. The molecule has 0 aliphatic heterocycles. The molecule has 0 unspecified atom stereocenters. The number of amides is 2. The average molecular weight is 264 g/mol. The van der Waals surface area contributed by atoms with Gasteiger partial charge in [-0.2, -0.15) is 0 Å². The fourth-order valence-corrected chi connectivity index (χ4v) is 3.34. The van der Waals surface area contributed by atoms with E-state index in [9.17, 15) is 13.2 Å². The first kappa shape index (κ1) is 14.2. The first-order chi connectivity index (χ1) is 8.06. The lowest BCUT2D eigenvalue weighted by Crippen LogP contribution is -2.45. The molecule has 6 nitrogen and oxygen atoms in total. The monoisotopic (exact) mass is 264 g/mol. The molecular formula is C10H20N2O4S. The Morgan fingerprint density at radius 3 is 2.53 bits per heavy atom. The van der Waals surface area contributed by atoms with Crippen molar-refractivity contribution in [3.63, 3.8) is 0 Å². The smallest absolute Gasteiger partial charge is 0.328 e. The van der Waals surface area contributed by atoms with Gasteiger partial charge in [-0.1, -0.05) is 19.3 Å². The molecule has 0 aromatic carbocycles. The van der Waals surface area contributed by atoms with Crippen LogP contribution in [0.15, 0.2) is 0 Å². The molecule has 0 aromatic heterocycles. The van der Waals surface area contributed by atoms with Crippen LogP contribution in [-0.4, -0.2) is 40.0 Å². The number of urea groups is 1. The summed E-state index contributed by atoms with van der Waals surface area (Å²) in [6.07, 6.45) is 4.18. The second-order valence-corrected chi connectivity index (χ2v) is 6.12. The Morgan fingerprint density at radius 2 is 1.94 bits per heavy atom. The van der Waals surface area contributed by atoms with Crippen LogP contribution in [-0.2, 0) is 14.8 Å². The maximum absolute atomic E-state index is 11.8. The predicted molar refractivity (Wildman–Crippen MR) is 64.2 cm³/mol. The minimum absolute atomic E-state index is 0.294. The van der Waals surface area contributed by atoms with Crippen molar-refractivity contribution in [2.24, 2.45) is 0 Å². The molecule has 0 aromatic rings. The summed E-state index contributed by atoms with van der Waals surface area (Å²) < 4.78 is 30.4. The van der Waals surface area contributed by atoms with Gasteiger partial charge in [0.1, 0.15) is 0 Å². The Morgan fingerprint density at radius 1 is 1.29 bits per heavy atom. The Kier molecular flexibility index (Phi) is 5.70. The predicted octanol–water partition coefficient (Wildman–Crippen LogP) is 0.594. The van der Waals surface area contributed by atoms with Gasteiger partial charge in [0.2, 0.25) is 10.0 Å².